The second kappa shape index (κ2) is 15.3. The normalized spacial score (nSPS) is 11.4. The van der Waals surface area contributed by atoms with Crippen LogP contribution in [-0.2, 0) is 22.7 Å². The van der Waals surface area contributed by atoms with Crippen LogP contribution in [0.5, 0.6) is 0 Å². The number of hydrogen-bond acceptors (Lipinski definition) is 6. The highest BCUT2D eigenvalue weighted by Gasteiger charge is 2.21. The Balaban J connectivity index is 1.74. The van der Waals surface area contributed by atoms with Gasteiger partial charge in [0, 0.05) is 32.7 Å². The van der Waals surface area contributed by atoms with Crippen molar-refractivity contribution in [2.24, 2.45) is 5.73 Å². The molecule has 1 atom stereocenters. The van der Waals surface area contributed by atoms with E-state index in [1.807, 2.05) is 60.7 Å². The van der Waals surface area contributed by atoms with Crippen LogP contribution < -0.4 is 11.1 Å². The van der Waals surface area contributed by atoms with Crippen molar-refractivity contribution in [1.82, 2.24) is 15.1 Å². The summed E-state index contributed by atoms with van der Waals surface area (Å²) < 4.78 is 5.14. The molecule has 0 aliphatic rings. The van der Waals surface area contributed by atoms with Gasteiger partial charge in [0.05, 0.1) is 12.6 Å². The first kappa shape index (κ1) is 27.6. The number of nitrogens with zero attached hydrogens (tertiary/aromatic N) is 2. The standard InChI is InChI=1S/C25H34N4O6/c26-22(12-7-14-29(25(33)34)18-20-8-3-1-4-9-20)23(31)28(16-17-30)15-13-27-24(32)35-19-21-10-5-2-6-11-21/h1-6,8-11,22,30H,7,12-19,26H2,(H,27,32)(H,33,34)/t22-/m0/s1. The monoisotopic (exact) mass is 486 g/mol. The lowest BCUT2D eigenvalue weighted by Gasteiger charge is -2.26. The van der Waals surface area contributed by atoms with Gasteiger partial charge in [0.15, 0.2) is 0 Å². The lowest BCUT2D eigenvalue weighted by Crippen LogP contribution is -2.48. The molecule has 0 saturated heterocycles. The van der Waals surface area contributed by atoms with E-state index in [1.54, 1.807) is 0 Å². The number of alkyl carbamates (subject to hydrolysis) is 1. The Morgan fingerprint density at radius 1 is 0.914 bits per heavy atom. The summed E-state index contributed by atoms with van der Waals surface area (Å²) in [6.45, 7) is 0.735. The number of aliphatic hydroxyl groups excluding tert-OH is 1. The molecule has 2 aromatic carbocycles. The number of nitrogens with two attached hydrogens (primary N) is 1. The first-order chi connectivity index (χ1) is 16.9. The van der Waals surface area contributed by atoms with Crippen molar-refractivity contribution in [3.63, 3.8) is 0 Å². The number of nitrogens with one attached hydrogen (secondary N) is 1. The zero-order chi connectivity index (χ0) is 25.5. The molecule has 0 spiro atoms. The van der Waals surface area contributed by atoms with E-state index in [2.05, 4.69) is 5.32 Å². The van der Waals surface area contributed by atoms with Crippen LogP contribution in [0.15, 0.2) is 60.7 Å². The Morgan fingerprint density at radius 2 is 1.54 bits per heavy atom. The number of carbonyl (C=O) groups is 3. The summed E-state index contributed by atoms with van der Waals surface area (Å²) in [6.07, 6.45) is -0.961. The Morgan fingerprint density at radius 3 is 2.14 bits per heavy atom. The van der Waals surface area contributed by atoms with E-state index in [0.29, 0.717) is 6.42 Å². The first-order valence-corrected chi connectivity index (χ1v) is 11.5. The van der Waals surface area contributed by atoms with Gasteiger partial charge in [-0.15, -0.1) is 0 Å². The Bertz CT molecular complexity index is 913. The Kier molecular flexibility index (Phi) is 12.1. The van der Waals surface area contributed by atoms with Crippen LogP contribution in [0.3, 0.4) is 0 Å². The third-order valence-corrected chi connectivity index (χ3v) is 5.29. The van der Waals surface area contributed by atoms with Gasteiger partial charge in [0.1, 0.15) is 6.61 Å². The van der Waals surface area contributed by atoms with Crippen LogP contribution in [0.4, 0.5) is 9.59 Å². The van der Waals surface area contributed by atoms with Crippen molar-refractivity contribution < 1.29 is 29.3 Å². The fraction of sp³-hybridized carbons (Fsp3) is 0.400. The average Bonchev–Trinajstić information content (AvgIpc) is 2.87. The molecule has 0 aliphatic carbocycles. The first-order valence-electron chi connectivity index (χ1n) is 11.5. The van der Waals surface area contributed by atoms with Crippen LogP contribution in [0.2, 0.25) is 0 Å². The topological polar surface area (TPSA) is 145 Å². The van der Waals surface area contributed by atoms with Crippen molar-refractivity contribution in [2.45, 2.75) is 32.0 Å². The number of ether oxygens (including phenoxy) is 1. The van der Waals surface area contributed by atoms with Crippen LogP contribution in [0, 0.1) is 0 Å². The smallest absolute Gasteiger partial charge is 0.407 e. The second-order valence-electron chi connectivity index (χ2n) is 7.98. The van der Waals surface area contributed by atoms with Gasteiger partial charge in [-0.2, -0.15) is 0 Å². The lowest BCUT2D eigenvalue weighted by molar-refractivity contribution is -0.133. The largest absolute Gasteiger partial charge is 0.465 e. The third-order valence-electron chi connectivity index (χ3n) is 5.29. The molecule has 0 unspecified atom stereocenters. The molecule has 0 aliphatic heterocycles. The van der Waals surface area contributed by atoms with Gasteiger partial charge in [-0.1, -0.05) is 60.7 Å². The number of carbonyl (C=O) groups excluding carboxylic acids is 2. The predicted molar refractivity (Wildman–Crippen MR) is 130 cm³/mol. The molecule has 190 valence electrons. The molecule has 0 aromatic heterocycles. The zero-order valence-corrected chi connectivity index (χ0v) is 19.7. The SMILES string of the molecule is N[C@@H](CCCN(Cc1ccccc1)C(=O)O)C(=O)N(CCO)CCNC(=O)OCc1ccccc1. The van der Waals surface area contributed by atoms with Crippen molar-refractivity contribution in [3.05, 3.63) is 71.8 Å². The van der Waals surface area contributed by atoms with E-state index in [4.69, 9.17) is 10.5 Å². The molecule has 0 heterocycles. The van der Waals surface area contributed by atoms with Gasteiger partial charge in [-0.25, -0.2) is 9.59 Å². The minimum absolute atomic E-state index is 0.0720. The minimum Gasteiger partial charge on any atom is -0.465 e. The van der Waals surface area contributed by atoms with E-state index < -0.39 is 18.2 Å². The minimum atomic E-state index is -1.04. The van der Waals surface area contributed by atoms with Crippen LogP contribution >= 0.6 is 0 Å². The Labute approximate surface area is 205 Å². The fourth-order valence-corrected chi connectivity index (χ4v) is 3.43. The number of aliphatic hydroxyl groups is 1. The molecular weight excluding hydrogens is 452 g/mol. The van der Waals surface area contributed by atoms with Gasteiger partial charge in [0.2, 0.25) is 5.91 Å². The van der Waals surface area contributed by atoms with E-state index in [1.165, 1.54) is 9.80 Å². The summed E-state index contributed by atoms with van der Waals surface area (Å²) in [6, 6.07) is 17.7. The molecule has 10 nitrogen and oxygen atoms in total. The summed E-state index contributed by atoms with van der Waals surface area (Å²) in [7, 11) is 0. The molecule has 35 heavy (non-hydrogen) atoms. The summed E-state index contributed by atoms with van der Waals surface area (Å²) in [5.41, 5.74) is 7.79. The van der Waals surface area contributed by atoms with Gasteiger partial charge < -0.3 is 35.8 Å². The van der Waals surface area contributed by atoms with Crippen LogP contribution in [0.1, 0.15) is 24.0 Å². The van der Waals surface area contributed by atoms with E-state index in [-0.39, 0.29) is 58.3 Å². The third kappa shape index (κ3) is 10.4. The average molecular weight is 487 g/mol. The Hall–Kier alpha value is -3.63. The summed E-state index contributed by atoms with van der Waals surface area (Å²) in [5.74, 6) is -0.372. The zero-order valence-electron chi connectivity index (χ0n) is 19.7. The highest BCUT2D eigenvalue weighted by Crippen LogP contribution is 2.08. The number of benzene rings is 2. The number of carboxylic acid groups (broad SMARTS) is 1. The maximum absolute atomic E-state index is 12.7. The summed E-state index contributed by atoms with van der Waals surface area (Å²) in [4.78, 5) is 38.8. The van der Waals surface area contributed by atoms with Crippen molar-refractivity contribution >= 4 is 18.1 Å². The maximum Gasteiger partial charge on any atom is 0.407 e. The molecule has 2 aromatic rings. The van der Waals surface area contributed by atoms with E-state index >= 15 is 0 Å². The number of hydrogen-bond donors (Lipinski definition) is 4. The van der Waals surface area contributed by atoms with Crippen molar-refractivity contribution in [1.29, 1.82) is 0 Å². The molecule has 3 amide bonds. The van der Waals surface area contributed by atoms with E-state index in [9.17, 15) is 24.6 Å². The summed E-state index contributed by atoms with van der Waals surface area (Å²) >= 11 is 0. The maximum atomic E-state index is 12.7. The summed E-state index contributed by atoms with van der Waals surface area (Å²) in [5, 5.41) is 21.4. The number of amides is 3. The van der Waals surface area contributed by atoms with Gasteiger partial charge in [-0.3, -0.25) is 4.79 Å². The highest BCUT2D eigenvalue weighted by molar-refractivity contribution is 5.81. The molecule has 10 heteroatoms. The van der Waals surface area contributed by atoms with Crippen LogP contribution in [-0.4, -0.2) is 76.9 Å². The fourth-order valence-electron chi connectivity index (χ4n) is 3.43. The molecule has 2 rings (SSSR count). The molecule has 0 radical (unpaired) electrons. The molecule has 5 N–H and O–H groups in total. The number of rotatable bonds is 14. The second-order valence-corrected chi connectivity index (χ2v) is 7.98. The molecule has 0 fully saturated rings. The molecular formula is C25H34N4O6. The van der Waals surface area contributed by atoms with Crippen LogP contribution in [0.25, 0.3) is 0 Å². The van der Waals surface area contributed by atoms with Gasteiger partial charge >= 0.3 is 12.2 Å². The highest BCUT2D eigenvalue weighted by atomic mass is 16.5. The van der Waals surface area contributed by atoms with Crippen molar-refractivity contribution in [3.8, 4) is 0 Å². The quantitative estimate of drug-likeness (QED) is 0.320. The van der Waals surface area contributed by atoms with E-state index in [0.717, 1.165) is 11.1 Å². The predicted octanol–water partition coefficient (Wildman–Crippen LogP) is 2.02. The molecule has 0 bridgehead atoms. The lowest BCUT2D eigenvalue weighted by atomic mass is 10.1. The van der Waals surface area contributed by atoms with Gasteiger partial charge in [-0.05, 0) is 24.0 Å². The molecule has 0 saturated carbocycles. The van der Waals surface area contributed by atoms with Crippen molar-refractivity contribution in [2.75, 3.05) is 32.8 Å². The van der Waals surface area contributed by atoms with Gasteiger partial charge in [0.25, 0.3) is 0 Å².